The standard InChI is InChI=1S/C21H17ClF3N3O2/c1-13-10-17(8-9-26-13)30-16-5-2-14(3-6-16)28-20(29)12-27-15-4-7-19(22)18(11-15)21(23,24)25/h2-11,27H,12H2,1H3,(H,28,29). The predicted octanol–water partition coefficient (Wildman–Crippen LogP) is 5.91. The molecule has 0 aliphatic heterocycles. The third-order valence-corrected chi connectivity index (χ3v) is 4.30. The summed E-state index contributed by atoms with van der Waals surface area (Å²) in [7, 11) is 0. The Bertz CT molecular complexity index is 1040. The summed E-state index contributed by atoms with van der Waals surface area (Å²) in [5.74, 6) is 0.805. The molecule has 0 atom stereocenters. The van der Waals surface area contributed by atoms with E-state index in [9.17, 15) is 18.0 Å². The maximum atomic E-state index is 12.9. The molecule has 0 fully saturated rings. The molecular weight excluding hydrogens is 419 g/mol. The van der Waals surface area contributed by atoms with Crippen LogP contribution in [0.1, 0.15) is 11.3 Å². The topological polar surface area (TPSA) is 63.2 Å². The van der Waals surface area contributed by atoms with Crippen molar-refractivity contribution in [1.29, 1.82) is 0 Å². The van der Waals surface area contributed by atoms with Gasteiger partial charge >= 0.3 is 6.18 Å². The lowest BCUT2D eigenvalue weighted by Crippen LogP contribution is -2.22. The van der Waals surface area contributed by atoms with Gasteiger partial charge in [0.05, 0.1) is 17.1 Å². The number of rotatable bonds is 6. The number of nitrogens with zero attached hydrogens (tertiary/aromatic N) is 1. The van der Waals surface area contributed by atoms with E-state index in [0.29, 0.717) is 17.2 Å². The number of aromatic nitrogens is 1. The molecule has 0 aliphatic carbocycles. The first-order chi connectivity index (χ1) is 14.2. The Hall–Kier alpha value is -3.26. The third-order valence-electron chi connectivity index (χ3n) is 3.97. The van der Waals surface area contributed by atoms with Gasteiger partial charge in [0, 0.05) is 29.3 Å². The molecule has 156 valence electrons. The minimum absolute atomic E-state index is 0.137. The van der Waals surface area contributed by atoms with Crippen LogP contribution in [0.15, 0.2) is 60.8 Å². The first-order valence-electron chi connectivity index (χ1n) is 8.82. The summed E-state index contributed by atoms with van der Waals surface area (Å²) >= 11 is 5.58. The maximum absolute atomic E-state index is 12.9. The molecule has 0 saturated heterocycles. The van der Waals surface area contributed by atoms with Crippen molar-refractivity contribution in [3.05, 3.63) is 77.1 Å². The van der Waals surface area contributed by atoms with Crippen molar-refractivity contribution in [3.63, 3.8) is 0 Å². The van der Waals surface area contributed by atoms with Gasteiger partial charge in [0.1, 0.15) is 11.5 Å². The number of halogens is 4. The zero-order valence-corrected chi connectivity index (χ0v) is 16.5. The highest BCUT2D eigenvalue weighted by atomic mass is 35.5. The Labute approximate surface area is 175 Å². The van der Waals surface area contributed by atoms with Crippen LogP contribution < -0.4 is 15.4 Å². The summed E-state index contributed by atoms with van der Waals surface area (Å²) in [5, 5.41) is 4.90. The van der Waals surface area contributed by atoms with Gasteiger partial charge in [0.25, 0.3) is 0 Å². The van der Waals surface area contributed by atoms with E-state index >= 15 is 0 Å². The van der Waals surface area contributed by atoms with E-state index in [1.807, 2.05) is 6.92 Å². The van der Waals surface area contributed by atoms with Crippen LogP contribution in [-0.2, 0) is 11.0 Å². The van der Waals surface area contributed by atoms with Crippen molar-refractivity contribution in [2.45, 2.75) is 13.1 Å². The molecule has 1 amide bonds. The van der Waals surface area contributed by atoms with Crippen molar-refractivity contribution in [1.82, 2.24) is 4.98 Å². The average molecular weight is 436 g/mol. The van der Waals surface area contributed by atoms with Gasteiger partial charge in [-0.25, -0.2) is 0 Å². The normalized spacial score (nSPS) is 11.1. The molecule has 2 aromatic carbocycles. The highest BCUT2D eigenvalue weighted by Crippen LogP contribution is 2.36. The highest BCUT2D eigenvalue weighted by molar-refractivity contribution is 6.31. The fourth-order valence-corrected chi connectivity index (χ4v) is 2.79. The Morgan fingerprint density at radius 3 is 2.40 bits per heavy atom. The molecule has 5 nitrogen and oxygen atoms in total. The number of ether oxygens (including phenoxy) is 1. The molecular formula is C21H17ClF3N3O2. The fourth-order valence-electron chi connectivity index (χ4n) is 2.57. The van der Waals surface area contributed by atoms with E-state index in [0.717, 1.165) is 17.8 Å². The first-order valence-corrected chi connectivity index (χ1v) is 9.19. The number of hydrogen-bond acceptors (Lipinski definition) is 4. The molecule has 1 aromatic heterocycles. The molecule has 0 saturated carbocycles. The molecule has 0 spiro atoms. The van der Waals surface area contributed by atoms with Crippen molar-refractivity contribution < 1.29 is 22.7 Å². The van der Waals surface area contributed by atoms with E-state index in [4.69, 9.17) is 16.3 Å². The van der Waals surface area contributed by atoms with Crippen LogP contribution in [0.3, 0.4) is 0 Å². The van der Waals surface area contributed by atoms with E-state index in [1.54, 1.807) is 42.6 Å². The summed E-state index contributed by atoms with van der Waals surface area (Å²) in [4.78, 5) is 16.2. The number of anilines is 2. The average Bonchev–Trinajstić information content (AvgIpc) is 2.68. The van der Waals surface area contributed by atoms with Gasteiger partial charge < -0.3 is 15.4 Å². The molecule has 0 aliphatic rings. The maximum Gasteiger partial charge on any atom is 0.417 e. The van der Waals surface area contributed by atoms with Crippen molar-refractivity contribution >= 4 is 28.9 Å². The van der Waals surface area contributed by atoms with Crippen molar-refractivity contribution in [3.8, 4) is 11.5 Å². The summed E-state index contributed by atoms with van der Waals surface area (Å²) < 4.78 is 44.4. The molecule has 1 heterocycles. The molecule has 2 N–H and O–H groups in total. The summed E-state index contributed by atoms with van der Waals surface area (Å²) in [6, 6.07) is 13.6. The Morgan fingerprint density at radius 2 is 1.73 bits per heavy atom. The number of pyridine rings is 1. The molecule has 9 heteroatoms. The number of amides is 1. The Kier molecular flexibility index (Phi) is 6.47. The van der Waals surface area contributed by atoms with Gasteiger partial charge in [0.15, 0.2) is 0 Å². The molecule has 3 aromatic rings. The van der Waals surface area contributed by atoms with Crippen LogP contribution in [0.5, 0.6) is 11.5 Å². The number of carbonyl (C=O) groups is 1. The minimum atomic E-state index is -4.57. The smallest absolute Gasteiger partial charge is 0.417 e. The van der Waals surface area contributed by atoms with Crippen LogP contribution in [0.25, 0.3) is 0 Å². The summed E-state index contributed by atoms with van der Waals surface area (Å²) in [6.07, 6.45) is -2.93. The largest absolute Gasteiger partial charge is 0.457 e. The van der Waals surface area contributed by atoms with Crippen molar-refractivity contribution in [2.24, 2.45) is 0 Å². The lowest BCUT2D eigenvalue weighted by Gasteiger charge is -2.12. The quantitative estimate of drug-likeness (QED) is 0.505. The Morgan fingerprint density at radius 1 is 1.03 bits per heavy atom. The SMILES string of the molecule is Cc1cc(Oc2ccc(NC(=O)CNc3ccc(Cl)c(C(F)(F)F)c3)cc2)ccn1. The molecule has 0 radical (unpaired) electrons. The van der Waals surface area contributed by atoms with Gasteiger partial charge in [-0.1, -0.05) is 11.6 Å². The van der Waals surface area contributed by atoms with E-state index in [-0.39, 0.29) is 12.2 Å². The van der Waals surface area contributed by atoms with Gasteiger partial charge in [-0.2, -0.15) is 13.2 Å². The number of carbonyl (C=O) groups excluding carboxylic acids is 1. The summed E-state index contributed by atoms with van der Waals surface area (Å²) in [6.45, 7) is 1.64. The zero-order chi connectivity index (χ0) is 21.7. The number of nitrogens with one attached hydrogen (secondary N) is 2. The van der Waals surface area contributed by atoms with Crippen LogP contribution in [0.2, 0.25) is 5.02 Å². The predicted molar refractivity (Wildman–Crippen MR) is 109 cm³/mol. The molecule has 3 rings (SSSR count). The second kappa shape index (κ2) is 9.04. The minimum Gasteiger partial charge on any atom is -0.457 e. The monoisotopic (exact) mass is 435 g/mol. The van der Waals surface area contributed by atoms with Crippen molar-refractivity contribution in [2.75, 3.05) is 17.2 Å². The number of benzene rings is 2. The van der Waals surface area contributed by atoms with E-state index in [2.05, 4.69) is 15.6 Å². The lowest BCUT2D eigenvalue weighted by molar-refractivity contribution is -0.137. The Balaban J connectivity index is 1.55. The molecule has 30 heavy (non-hydrogen) atoms. The number of alkyl halides is 3. The van der Waals surface area contributed by atoms with Crippen LogP contribution in [0, 0.1) is 6.92 Å². The first kappa shape index (κ1) is 21.4. The van der Waals surface area contributed by atoms with E-state index in [1.165, 1.54) is 6.07 Å². The second-order valence-electron chi connectivity index (χ2n) is 6.35. The van der Waals surface area contributed by atoms with E-state index < -0.39 is 22.7 Å². The van der Waals surface area contributed by atoms with Gasteiger partial charge in [-0.15, -0.1) is 0 Å². The third kappa shape index (κ3) is 5.87. The zero-order valence-electron chi connectivity index (χ0n) is 15.8. The number of hydrogen-bond donors (Lipinski definition) is 2. The fraction of sp³-hybridized carbons (Fsp3) is 0.143. The molecule has 0 unspecified atom stereocenters. The van der Waals surface area contributed by atoms with Gasteiger partial charge in [0.2, 0.25) is 5.91 Å². The number of aryl methyl sites for hydroxylation is 1. The molecule has 0 bridgehead atoms. The van der Waals surface area contributed by atoms with Gasteiger partial charge in [-0.05, 0) is 55.5 Å². The van der Waals surface area contributed by atoms with Crippen LogP contribution in [-0.4, -0.2) is 17.4 Å². The lowest BCUT2D eigenvalue weighted by atomic mass is 10.2. The highest BCUT2D eigenvalue weighted by Gasteiger charge is 2.33. The second-order valence-corrected chi connectivity index (χ2v) is 6.76. The van der Waals surface area contributed by atoms with Crippen LogP contribution in [0.4, 0.5) is 24.5 Å². The van der Waals surface area contributed by atoms with Crippen LogP contribution >= 0.6 is 11.6 Å². The summed E-state index contributed by atoms with van der Waals surface area (Å²) in [5.41, 5.74) is 0.520. The van der Waals surface area contributed by atoms with Gasteiger partial charge in [-0.3, -0.25) is 9.78 Å².